The van der Waals surface area contributed by atoms with Crippen molar-refractivity contribution < 1.29 is 8.42 Å². The first-order valence-corrected chi connectivity index (χ1v) is 6.28. The standard InChI is InChI=1S/C8H14N4O2S/c1-12-5-10-7(9)8(12)15(13,14)11-6-3-2-4-6/h5-6,11H,2-4,9H2,1H3. The van der Waals surface area contributed by atoms with E-state index in [-0.39, 0.29) is 16.9 Å². The smallest absolute Gasteiger partial charge is 0.260 e. The first-order chi connectivity index (χ1) is 7.00. The molecule has 2 rings (SSSR count). The molecule has 0 radical (unpaired) electrons. The van der Waals surface area contributed by atoms with Gasteiger partial charge in [-0.15, -0.1) is 0 Å². The summed E-state index contributed by atoms with van der Waals surface area (Å²) in [5.41, 5.74) is 5.51. The number of nitrogens with two attached hydrogens (primary N) is 1. The highest BCUT2D eigenvalue weighted by Gasteiger charge is 2.28. The van der Waals surface area contributed by atoms with Crippen molar-refractivity contribution in [2.45, 2.75) is 30.3 Å². The lowest BCUT2D eigenvalue weighted by atomic mass is 9.94. The molecule has 0 aromatic carbocycles. The summed E-state index contributed by atoms with van der Waals surface area (Å²) in [5.74, 6) is 0.0457. The highest BCUT2D eigenvalue weighted by molar-refractivity contribution is 7.89. The molecule has 0 bridgehead atoms. The molecule has 1 fully saturated rings. The number of hydrogen-bond donors (Lipinski definition) is 2. The third kappa shape index (κ3) is 1.84. The van der Waals surface area contributed by atoms with Gasteiger partial charge in [0.2, 0.25) is 0 Å². The van der Waals surface area contributed by atoms with Gasteiger partial charge in [-0.1, -0.05) is 6.42 Å². The van der Waals surface area contributed by atoms with Crippen LogP contribution in [0.15, 0.2) is 11.4 Å². The summed E-state index contributed by atoms with van der Waals surface area (Å²) in [7, 11) is -1.90. The summed E-state index contributed by atoms with van der Waals surface area (Å²) in [6.07, 6.45) is 4.27. The Kier molecular flexibility index (Phi) is 2.43. The van der Waals surface area contributed by atoms with Gasteiger partial charge < -0.3 is 10.3 Å². The molecule has 7 heteroatoms. The van der Waals surface area contributed by atoms with E-state index in [4.69, 9.17) is 5.73 Å². The first-order valence-electron chi connectivity index (χ1n) is 4.80. The number of aromatic nitrogens is 2. The molecule has 1 aromatic heterocycles. The average Bonchev–Trinajstić information content (AvgIpc) is 2.40. The van der Waals surface area contributed by atoms with Crippen molar-refractivity contribution in [2.75, 3.05) is 5.73 Å². The summed E-state index contributed by atoms with van der Waals surface area (Å²) in [4.78, 5) is 3.76. The Hall–Kier alpha value is -1.08. The van der Waals surface area contributed by atoms with E-state index < -0.39 is 10.0 Å². The number of imidazole rings is 1. The summed E-state index contributed by atoms with van der Waals surface area (Å²) in [6, 6.07) is 0.0595. The summed E-state index contributed by atoms with van der Waals surface area (Å²) >= 11 is 0. The third-order valence-electron chi connectivity index (χ3n) is 2.59. The van der Waals surface area contributed by atoms with Crippen molar-refractivity contribution in [3.8, 4) is 0 Å². The molecule has 15 heavy (non-hydrogen) atoms. The van der Waals surface area contributed by atoms with E-state index in [1.165, 1.54) is 10.9 Å². The van der Waals surface area contributed by atoms with E-state index in [0.29, 0.717) is 0 Å². The number of aryl methyl sites for hydroxylation is 1. The van der Waals surface area contributed by atoms with Gasteiger partial charge in [-0.05, 0) is 12.8 Å². The Bertz CT molecular complexity index is 441. The van der Waals surface area contributed by atoms with Gasteiger partial charge in [-0.25, -0.2) is 18.1 Å². The molecule has 1 aliphatic carbocycles. The fourth-order valence-corrected chi connectivity index (χ4v) is 3.11. The molecule has 0 amide bonds. The Labute approximate surface area is 88.5 Å². The molecule has 84 valence electrons. The molecular weight excluding hydrogens is 216 g/mol. The van der Waals surface area contributed by atoms with Crippen molar-refractivity contribution in [1.29, 1.82) is 0 Å². The Morgan fingerprint density at radius 3 is 2.67 bits per heavy atom. The van der Waals surface area contributed by atoms with Crippen LogP contribution in [0.4, 0.5) is 5.82 Å². The van der Waals surface area contributed by atoms with Gasteiger partial charge in [0, 0.05) is 13.1 Å². The minimum Gasteiger partial charge on any atom is -0.381 e. The SMILES string of the molecule is Cn1cnc(N)c1S(=O)(=O)NC1CCC1. The zero-order chi connectivity index (χ0) is 11.1. The quantitative estimate of drug-likeness (QED) is 0.754. The fourth-order valence-electron chi connectivity index (χ4n) is 1.57. The lowest BCUT2D eigenvalue weighted by molar-refractivity contribution is 0.382. The van der Waals surface area contributed by atoms with Crippen LogP contribution in [-0.4, -0.2) is 24.0 Å². The zero-order valence-electron chi connectivity index (χ0n) is 8.47. The maximum absolute atomic E-state index is 11.9. The average molecular weight is 230 g/mol. The van der Waals surface area contributed by atoms with Crippen LogP contribution in [0, 0.1) is 0 Å². The van der Waals surface area contributed by atoms with Crippen LogP contribution in [0.1, 0.15) is 19.3 Å². The van der Waals surface area contributed by atoms with E-state index in [2.05, 4.69) is 9.71 Å². The Morgan fingerprint density at radius 2 is 2.27 bits per heavy atom. The van der Waals surface area contributed by atoms with Gasteiger partial charge in [0.1, 0.15) is 0 Å². The number of nitrogens with zero attached hydrogens (tertiary/aromatic N) is 2. The van der Waals surface area contributed by atoms with E-state index in [0.717, 1.165) is 19.3 Å². The number of rotatable bonds is 3. The van der Waals surface area contributed by atoms with Crippen molar-refractivity contribution >= 4 is 15.8 Å². The molecule has 0 saturated heterocycles. The molecule has 1 aliphatic rings. The van der Waals surface area contributed by atoms with Crippen LogP contribution < -0.4 is 10.5 Å². The van der Waals surface area contributed by atoms with E-state index >= 15 is 0 Å². The van der Waals surface area contributed by atoms with Crippen LogP contribution in [0.25, 0.3) is 0 Å². The number of nitrogen functional groups attached to an aromatic ring is 1. The summed E-state index contributed by atoms with van der Waals surface area (Å²) < 4.78 is 27.8. The zero-order valence-corrected chi connectivity index (χ0v) is 9.29. The highest BCUT2D eigenvalue weighted by Crippen LogP contribution is 2.22. The van der Waals surface area contributed by atoms with Crippen molar-refractivity contribution in [3.05, 3.63) is 6.33 Å². The molecule has 1 aromatic rings. The lowest BCUT2D eigenvalue weighted by Crippen LogP contribution is -2.40. The molecule has 6 nitrogen and oxygen atoms in total. The number of nitrogens with one attached hydrogen (secondary N) is 1. The third-order valence-corrected chi connectivity index (χ3v) is 4.24. The number of hydrogen-bond acceptors (Lipinski definition) is 4. The van der Waals surface area contributed by atoms with E-state index in [1.807, 2.05) is 0 Å². The van der Waals surface area contributed by atoms with E-state index in [1.54, 1.807) is 7.05 Å². The topological polar surface area (TPSA) is 90.0 Å². The molecule has 0 spiro atoms. The monoisotopic (exact) mass is 230 g/mol. The molecule has 0 unspecified atom stereocenters. The second-order valence-corrected chi connectivity index (χ2v) is 5.42. The predicted octanol–water partition coefficient (Wildman–Crippen LogP) is -0.167. The molecular formula is C8H14N4O2S. The van der Waals surface area contributed by atoms with Gasteiger partial charge in [0.05, 0.1) is 6.33 Å². The molecule has 1 heterocycles. The lowest BCUT2D eigenvalue weighted by Gasteiger charge is -2.26. The second kappa shape index (κ2) is 3.49. The highest BCUT2D eigenvalue weighted by atomic mass is 32.2. The normalized spacial score (nSPS) is 17.7. The molecule has 3 N–H and O–H groups in total. The van der Waals surface area contributed by atoms with Gasteiger partial charge in [-0.3, -0.25) is 0 Å². The van der Waals surface area contributed by atoms with Crippen LogP contribution >= 0.6 is 0 Å². The van der Waals surface area contributed by atoms with Crippen LogP contribution in [0.2, 0.25) is 0 Å². The van der Waals surface area contributed by atoms with Crippen LogP contribution in [0.3, 0.4) is 0 Å². The van der Waals surface area contributed by atoms with Crippen LogP contribution in [0.5, 0.6) is 0 Å². The largest absolute Gasteiger partial charge is 0.381 e. The van der Waals surface area contributed by atoms with Crippen molar-refractivity contribution in [3.63, 3.8) is 0 Å². The van der Waals surface area contributed by atoms with Gasteiger partial charge in [-0.2, -0.15) is 0 Å². The first kappa shape index (κ1) is 10.4. The minimum absolute atomic E-state index is 0.0457. The van der Waals surface area contributed by atoms with Gasteiger partial charge >= 0.3 is 0 Å². The minimum atomic E-state index is -3.51. The van der Waals surface area contributed by atoms with Gasteiger partial charge in [0.25, 0.3) is 10.0 Å². The number of sulfonamides is 1. The van der Waals surface area contributed by atoms with Crippen molar-refractivity contribution in [2.24, 2.45) is 7.05 Å². The maximum atomic E-state index is 11.9. The fraction of sp³-hybridized carbons (Fsp3) is 0.625. The molecule has 0 aliphatic heterocycles. The summed E-state index contributed by atoms with van der Waals surface area (Å²) in [5, 5.41) is 0.0504. The second-order valence-electron chi connectivity index (χ2n) is 3.79. The summed E-state index contributed by atoms with van der Waals surface area (Å²) in [6.45, 7) is 0. The number of anilines is 1. The van der Waals surface area contributed by atoms with Crippen LogP contribution in [-0.2, 0) is 17.1 Å². The molecule has 1 saturated carbocycles. The Balaban J connectivity index is 2.28. The molecule has 0 atom stereocenters. The predicted molar refractivity (Wildman–Crippen MR) is 55.6 cm³/mol. The van der Waals surface area contributed by atoms with Gasteiger partial charge in [0.15, 0.2) is 10.8 Å². The Morgan fingerprint density at radius 1 is 1.60 bits per heavy atom. The van der Waals surface area contributed by atoms with E-state index in [9.17, 15) is 8.42 Å². The maximum Gasteiger partial charge on any atom is 0.260 e. The van der Waals surface area contributed by atoms with Crippen molar-refractivity contribution in [1.82, 2.24) is 14.3 Å².